The van der Waals surface area contributed by atoms with E-state index < -0.39 is 0 Å². The quantitative estimate of drug-likeness (QED) is 0.632. The van der Waals surface area contributed by atoms with Crippen LogP contribution in [0.4, 0.5) is 0 Å². The zero-order valence-electron chi connectivity index (χ0n) is 10.8. The number of carbonyl (C=O) groups excluding carboxylic acids is 1. The number of hydrazone groups is 1. The Morgan fingerprint density at radius 2 is 2.32 bits per heavy atom. The molecule has 0 aromatic heterocycles. The van der Waals surface area contributed by atoms with E-state index in [1.165, 1.54) is 0 Å². The molecule has 1 aromatic rings. The minimum atomic E-state index is -0.191. The fourth-order valence-electron chi connectivity index (χ4n) is 1.77. The lowest BCUT2D eigenvalue weighted by Crippen LogP contribution is -2.23. The van der Waals surface area contributed by atoms with E-state index in [1.807, 2.05) is 37.3 Å². The first kappa shape index (κ1) is 13.3. The fraction of sp³-hybridized carbons (Fsp3) is 0.286. The first-order valence-electron chi connectivity index (χ1n) is 6.20. The van der Waals surface area contributed by atoms with Crippen molar-refractivity contribution < 1.29 is 9.53 Å². The maximum absolute atomic E-state index is 11.2. The van der Waals surface area contributed by atoms with Gasteiger partial charge in [-0.1, -0.05) is 18.2 Å². The van der Waals surface area contributed by atoms with E-state index in [9.17, 15) is 4.79 Å². The number of para-hydroxylation sites is 1. The Morgan fingerprint density at radius 1 is 1.53 bits per heavy atom. The number of nitrogens with zero attached hydrogens (tertiary/aromatic N) is 1. The van der Waals surface area contributed by atoms with Crippen molar-refractivity contribution in [2.75, 3.05) is 6.54 Å². The first-order chi connectivity index (χ1) is 9.20. The molecule has 0 saturated heterocycles. The van der Waals surface area contributed by atoms with Crippen LogP contribution >= 0.6 is 0 Å². The van der Waals surface area contributed by atoms with Gasteiger partial charge in [-0.2, -0.15) is 5.10 Å². The molecule has 100 valence electrons. The van der Waals surface area contributed by atoms with E-state index in [0.717, 1.165) is 16.9 Å². The molecule has 0 bridgehead atoms. The molecule has 1 amide bonds. The number of rotatable bonds is 4. The van der Waals surface area contributed by atoms with Gasteiger partial charge in [-0.05, 0) is 19.1 Å². The predicted molar refractivity (Wildman–Crippen MR) is 74.8 cm³/mol. The molecule has 5 nitrogen and oxygen atoms in total. The summed E-state index contributed by atoms with van der Waals surface area (Å²) in [5.74, 6) is 0.670. The maximum Gasteiger partial charge on any atom is 0.241 e. The van der Waals surface area contributed by atoms with Crippen LogP contribution in [-0.2, 0) is 4.79 Å². The Hall–Kier alpha value is -2.14. The third-order valence-electron chi connectivity index (χ3n) is 2.79. The highest BCUT2D eigenvalue weighted by atomic mass is 16.5. The van der Waals surface area contributed by atoms with Crippen molar-refractivity contribution in [2.45, 2.75) is 19.4 Å². The fourth-order valence-corrected chi connectivity index (χ4v) is 1.77. The average Bonchev–Trinajstić information content (AvgIpc) is 2.39. The lowest BCUT2D eigenvalue weighted by atomic mass is 10.0. The highest BCUT2D eigenvalue weighted by Gasteiger charge is 2.16. The molecular weight excluding hydrogens is 242 g/mol. The minimum Gasteiger partial charge on any atom is -0.485 e. The largest absolute Gasteiger partial charge is 0.485 e. The predicted octanol–water partition coefficient (Wildman–Crippen LogP) is 1.30. The Morgan fingerprint density at radius 3 is 3.11 bits per heavy atom. The SMILES string of the molecule is C[C@@H]1Oc2ccccc2C=C1/C=N\NC(=O)CCN. The van der Waals surface area contributed by atoms with Crippen LogP contribution in [0, 0.1) is 0 Å². The van der Waals surface area contributed by atoms with Crippen molar-refractivity contribution in [3.63, 3.8) is 0 Å². The number of nitrogens with one attached hydrogen (secondary N) is 1. The average molecular weight is 259 g/mol. The van der Waals surface area contributed by atoms with Gasteiger partial charge in [-0.3, -0.25) is 4.79 Å². The van der Waals surface area contributed by atoms with Gasteiger partial charge >= 0.3 is 0 Å². The molecule has 1 aromatic carbocycles. The van der Waals surface area contributed by atoms with Gasteiger partial charge < -0.3 is 10.5 Å². The van der Waals surface area contributed by atoms with E-state index in [0.29, 0.717) is 6.54 Å². The van der Waals surface area contributed by atoms with Crippen LogP contribution in [0.1, 0.15) is 18.9 Å². The smallest absolute Gasteiger partial charge is 0.241 e. The van der Waals surface area contributed by atoms with E-state index in [2.05, 4.69) is 10.5 Å². The lowest BCUT2D eigenvalue weighted by molar-refractivity contribution is -0.120. The molecule has 2 rings (SSSR count). The second-order valence-corrected chi connectivity index (χ2v) is 4.27. The number of ether oxygens (including phenoxy) is 1. The number of hydrogen-bond acceptors (Lipinski definition) is 4. The molecule has 5 heteroatoms. The molecule has 0 radical (unpaired) electrons. The molecule has 0 unspecified atom stereocenters. The number of nitrogens with two attached hydrogens (primary N) is 1. The van der Waals surface area contributed by atoms with Gasteiger partial charge in [0.2, 0.25) is 5.91 Å². The normalized spacial score (nSPS) is 17.6. The molecule has 3 N–H and O–H groups in total. The summed E-state index contributed by atoms with van der Waals surface area (Å²) in [6.07, 6.45) is 3.78. The zero-order valence-corrected chi connectivity index (χ0v) is 10.8. The zero-order chi connectivity index (χ0) is 13.7. The number of carbonyl (C=O) groups is 1. The second-order valence-electron chi connectivity index (χ2n) is 4.27. The van der Waals surface area contributed by atoms with Gasteiger partial charge in [0.1, 0.15) is 11.9 Å². The molecule has 1 aliphatic heterocycles. The molecule has 1 atom stereocenters. The van der Waals surface area contributed by atoms with Gasteiger partial charge in [0.15, 0.2) is 0 Å². The Kier molecular flexibility index (Phi) is 4.30. The molecule has 1 heterocycles. The van der Waals surface area contributed by atoms with Crippen LogP contribution in [0.2, 0.25) is 0 Å². The van der Waals surface area contributed by atoms with Crippen molar-refractivity contribution in [3.05, 3.63) is 35.4 Å². The summed E-state index contributed by atoms with van der Waals surface area (Å²) < 4.78 is 5.76. The van der Waals surface area contributed by atoms with Gasteiger partial charge in [0.25, 0.3) is 0 Å². The van der Waals surface area contributed by atoms with Crippen molar-refractivity contribution in [3.8, 4) is 5.75 Å². The van der Waals surface area contributed by atoms with Crippen molar-refractivity contribution in [1.82, 2.24) is 5.43 Å². The van der Waals surface area contributed by atoms with Crippen molar-refractivity contribution in [2.24, 2.45) is 10.8 Å². The van der Waals surface area contributed by atoms with Gasteiger partial charge in [-0.25, -0.2) is 5.43 Å². The Balaban J connectivity index is 2.06. The summed E-state index contributed by atoms with van der Waals surface area (Å²) in [7, 11) is 0. The maximum atomic E-state index is 11.2. The number of benzene rings is 1. The molecule has 0 spiro atoms. The van der Waals surface area contributed by atoms with Crippen LogP contribution in [0.3, 0.4) is 0 Å². The van der Waals surface area contributed by atoms with Crippen LogP contribution in [0.5, 0.6) is 5.75 Å². The monoisotopic (exact) mass is 259 g/mol. The molecular formula is C14H17N3O2. The molecule has 0 fully saturated rings. The van der Waals surface area contributed by atoms with E-state index in [-0.39, 0.29) is 18.4 Å². The van der Waals surface area contributed by atoms with Crippen molar-refractivity contribution in [1.29, 1.82) is 0 Å². The third kappa shape index (κ3) is 3.42. The minimum absolute atomic E-state index is 0.0925. The summed E-state index contributed by atoms with van der Waals surface area (Å²) in [6, 6.07) is 7.79. The van der Waals surface area contributed by atoms with Crippen LogP contribution in [-0.4, -0.2) is 24.8 Å². The van der Waals surface area contributed by atoms with Crippen LogP contribution < -0.4 is 15.9 Å². The molecule has 19 heavy (non-hydrogen) atoms. The topological polar surface area (TPSA) is 76.7 Å². The number of fused-ring (bicyclic) bond motifs is 1. The van der Waals surface area contributed by atoms with Crippen LogP contribution in [0.25, 0.3) is 6.08 Å². The van der Waals surface area contributed by atoms with E-state index in [1.54, 1.807) is 6.21 Å². The third-order valence-corrected chi connectivity index (χ3v) is 2.79. The summed E-state index contributed by atoms with van der Waals surface area (Å²) in [5.41, 5.74) is 9.62. The highest BCUT2D eigenvalue weighted by Crippen LogP contribution is 2.28. The highest BCUT2D eigenvalue weighted by molar-refractivity contribution is 5.89. The van der Waals surface area contributed by atoms with Gasteiger partial charge in [0, 0.05) is 24.1 Å². The molecule has 0 saturated carbocycles. The summed E-state index contributed by atoms with van der Waals surface area (Å²) in [6.45, 7) is 2.26. The number of hydrogen-bond donors (Lipinski definition) is 2. The van der Waals surface area contributed by atoms with Gasteiger partial charge in [-0.15, -0.1) is 0 Å². The van der Waals surface area contributed by atoms with Crippen molar-refractivity contribution >= 4 is 18.2 Å². The Bertz CT molecular complexity index is 523. The first-order valence-corrected chi connectivity index (χ1v) is 6.20. The Labute approximate surface area is 112 Å². The van der Waals surface area contributed by atoms with E-state index in [4.69, 9.17) is 10.5 Å². The lowest BCUT2D eigenvalue weighted by Gasteiger charge is -2.22. The second kappa shape index (κ2) is 6.15. The molecule has 1 aliphatic rings. The number of amides is 1. The van der Waals surface area contributed by atoms with E-state index >= 15 is 0 Å². The van der Waals surface area contributed by atoms with Crippen LogP contribution in [0.15, 0.2) is 34.9 Å². The van der Waals surface area contributed by atoms with Gasteiger partial charge in [0.05, 0.1) is 6.21 Å². The summed E-state index contributed by atoms with van der Waals surface area (Å²) in [4.78, 5) is 11.2. The summed E-state index contributed by atoms with van der Waals surface area (Å²) >= 11 is 0. The standard InChI is InChI=1S/C14H17N3O2/c1-10-12(9-16-17-14(18)6-7-15)8-11-4-2-3-5-13(11)19-10/h2-5,8-10H,6-7,15H2,1H3,(H,17,18)/b16-9-/t10-/m0/s1. The molecule has 0 aliphatic carbocycles. The summed E-state index contributed by atoms with van der Waals surface area (Å²) in [5, 5.41) is 3.91.